The van der Waals surface area contributed by atoms with Crippen LogP contribution < -0.4 is 14.8 Å². The Morgan fingerprint density at radius 3 is 2.63 bits per heavy atom. The van der Waals surface area contributed by atoms with E-state index in [1.54, 1.807) is 18.2 Å². The highest BCUT2D eigenvalue weighted by atomic mass is 127. The Morgan fingerprint density at radius 1 is 1.26 bits per heavy atom. The van der Waals surface area contributed by atoms with Crippen LogP contribution in [0.4, 0.5) is 4.39 Å². The number of benzene rings is 2. The van der Waals surface area contributed by atoms with Crippen LogP contribution in [0.5, 0.6) is 11.5 Å². The van der Waals surface area contributed by atoms with Crippen LogP contribution in [-0.2, 0) is 11.4 Å². The molecule has 1 aliphatic rings. The van der Waals surface area contributed by atoms with Gasteiger partial charge in [0.2, 0.25) is 0 Å². The Balaban J connectivity index is 1.85. The number of halogens is 2. The van der Waals surface area contributed by atoms with Crippen LogP contribution in [0.2, 0.25) is 0 Å². The van der Waals surface area contributed by atoms with Crippen LogP contribution in [-0.4, -0.2) is 16.8 Å². The molecule has 140 valence electrons. The van der Waals surface area contributed by atoms with E-state index < -0.39 is 0 Å². The first kappa shape index (κ1) is 20.1. The molecule has 0 aromatic heterocycles. The van der Waals surface area contributed by atoms with Gasteiger partial charge in [-0.2, -0.15) is 0 Å². The molecule has 1 amide bonds. The summed E-state index contributed by atoms with van der Waals surface area (Å²) in [5, 5.41) is 2.60. The molecule has 2 aromatic rings. The third kappa shape index (κ3) is 5.20. The van der Waals surface area contributed by atoms with Crippen molar-refractivity contribution in [2.75, 3.05) is 6.61 Å². The molecule has 2 aromatic carbocycles. The fraction of sp³-hybridized carbons (Fsp3) is 0.158. The number of thiocarbonyl (C=S) groups is 1. The number of thioether (sulfide) groups is 1. The molecule has 27 heavy (non-hydrogen) atoms. The molecule has 0 spiro atoms. The Hall–Kier alpha value is -1.65. The van der Waals surface area contributed by atoms with Gasteiger partial charge in [0.1, 0.15) is 16.7 Å². The molecule has 0 unspecified atom stereocenters. The van der Waals surface area contributed by atoms with Crippen molar-refractivity contribution in [1.82, 2.24) is 5.32 Å². The van der Waals surface area contributed by atoms with Gasteiger partial charge in [-0.1, -0.05) is 36.1 Å². The maximum Gasteiger partial charge on any atom is 0.263 e. The summed E-state index contributed by atoms with van der Waals surface area (Å²) < 4.78 is 26.0. The molecule has 1 heterocycles. The second-order valence-electron chi connectivity index (χ2n) is 5.53. The van der Waals surface area contributed by atoms with Crippen LogP contribution in [0.15, 0.2) is 41.3 Å². The largest absolute Gasteiger partial charge is 0.490 e. The van der Waals surface area contributed by atoms with Crippen molar-refractivity contribution in [2.24, 2.45) is 0 Å². The summed E-state index contributed by atoms with van der Waals surface area (Å²) in [5.74, 6) is 0.718. The van der Waals surface area contributed by atoms with Gasteiger partial charge in [-0.25, -0.2) is 4.39 Å². The number of amides is 1. The Morgan fingerprint density at radius 2 is 2.00 bits per heavy atom. The zero-order valence-electron chi connectivity index (χ0n) is 14.3. The van der Waals surface area contributed by atoms with Crippen LogP contribution in [0.25, 0.3) is 6.08 Å². The molecule has 4 nitrogen and oxygen atoms in total. The molecule has 1 aliphatic heterocycles. The SMILES string of the molecule is CCOc1cc(/C=C2\SC(=S)NC2=O)cc(I)c1OCc1ccc(F)cc1. The van der Waals surface area contributed by atoms with Gasteiger partial charge in [0.15, 0.2) is 11.5 Å². The van der Waals surface area contributed by atoms with Crippen molar-refractivity contribution in [3.63, 3.8) is 0 Å². The third-order valence-corrected chi connectivity index (χ3v) is 5.53. The molecular formula is C19H15FINO3S2. The van der Waals surface area contributed by atoms with E-state index in [1.807, 2.05) is 19.1 Å². The number of nitrogens with one attached hydrogen (secondary N) is 1. The maximum absolute atomic E-state index is 13.0. The first-order valence-corrected chi connectivity index (χ1v) is 10.3. The zero-order chi connectivity index (χ0) is 19.4. The summed E-state index contributed by atoms with van der Waals surface area (Å²) in [5.41, 5.74) is 1.67. The Labute approximate surface area is 179 Å². The van der Waals surface area contributed by atoms with Gasteiger partial charge in [0.25, 0.3) is 5.91 Å². The summed E-state index contributed by atoms with van der Waals surface area (Å²) in [7, 11) is 0. The molecule has 3 rings (SSSR count). The van der Waals surface area contributed by atoms with E-state index in [-0.39, 0.29) is 11.7 Å². The van der Waals surface area contributed by atoms with Crippen molar-refractivity contribution >= 4 is 62.9 Å². The second kappa shape index (κ2) is 9.03. The lowest BCUT2D eigenvalue weighted by Gasteiger charge is -2.15. The molecule has 8 heteroatoms. The van der Waals surface area contributed by atoms with Crippen LogP contribution in [0.1, 0.15) is 18.1 Å². The highest BCUT2D eigenvalue weighted by molar-refractivity contribution is 14.1. The normalized spacial score (nSPS) is 15.1. The fourth-order valence-electron chi connectivity index (χ4n) is 2.38. The molecular weight excluding hydrogens is 500 g/mol. The standard InChI is InChI=1S/C19H15FINO3S2/c1-2-24-15-8-12(9-16-18(23)22-19(26)27-16)7-14(21)17(15)25-10-11-3-5-13(20)6-4-11/h3-9H,2,10H2,1H3,(H,22,23,26)/b16-9-. The van der Waals surface area contributed by atoms with Gasteiger partial charge in [0, 0.05) is 0 Å². The van der Waals surface area contributed by atoms with Gasteiger partial charge in [-0.15, -0.1) is 0 Å². The topological polar surface area (TPSA) is 47.6 Å². The first-order valence-electron chi connectivity index (χ1n) is 8.04. The average Bonchev–Trinajstić information content (AvgIpc) is 2.93. The predicted molar refractivity (Wildman–Crippen MR) is 117 cm³/mol. The number of hydrogen-bond acceptors (Lipinski definition) is 5. The van der Waals surface area contributed by atoms with Crippen LogP contribution >= 0.6 is 46.6 Å². The monoisotopic (exact) mass is 515 g/mol. The third-order valence-electron chi connectivity index (χ3n) is 3.57. The van der Waals surface area contributed by atoms with E-state index in [2.05, 4.69) is 27.9 Å². The van der Waals surface area contributed by atoms with E-state index in [9.17, 15) is 9.18 Å². The highest BCUT2D eigenvalue weighted by Gasteiger charge is 2.22. The summed E-state index contributed by atoms with van der Waals surface area (Å²) in [6.07, 6.45) is 1.77. The Kier molecular flexibility index (Phi) is 6.72. The number of ether oxygens (including phenoxy) is 2. The first-order chi connectivity index (χ1) is 13.0. The van der Waals surface area contributed by atoms with Gasteiger partial charge >= 0.3 is 0 Å². The van der Waals surface area contributed by atoms with Crippen molar-refractivity contribution < 1.29 is 18.7 Å². The Bertz CT molecular complexity index is 916. The molecule has 1 fully saturated rings. The van der Waals surface area contributed by atoms with E-state index in [0.717, 1.165) is 14.7 Å². The molecule has 0 atom stereocenters. The van der Waals surface area contributed by atoms with Crippen molar-refractivity contribution in [1.29, 1.82) is 0 Å². The minimum atomic E-state index is -0.283. The quantitative estimate of drug-likeness (QED) is 0.337. The molecule has 0 saturated carbocycles. The van der Waals surface area contributed by atoms with E-state index in [4.69, 9.17) is 21.7 Å². The summed E-state index contributed by atoms with van der Waals surface area (Å²) in [6, 6.07) is 9.90. The van der Waals surface area contributed by atoms with Crippen LogP contribution in [0.3, 0.4) is 0 Å². The molecule has 1 saturated heterocycles. The van der Waals surface area contributed by atoms with Crippen molar-refractivity contribution in [3.8, 4) is 11.5 Å². The van der Waals surface area contributed by atoms with E-state index in [1.165, 1.54) is 23.9 Å². The maximum atomic E-state index is 13.0. The van der Waals surface area contributed by atoms with Gasteiger partial charge in [-0.05, 0) is 71.0 Å². The zero-order valence-corrected chi connectivity index (χ0v) is 18.0. The van der Waals surface area contributed by atoms with Crippen molar-refractivity contribution in [2.45, 2.75) is 13.5 Å². The molecule has 0 bridgehead atoms. The summed E-state index contributed by atoms with van der Waals surface area (Å²) >= 11 is 8.41. The van der Waals surface area contributed by atoms with Gasteiger partial charge < -0.3 is 14.8 Å². The number of carbonyl (C=O) groups is 1. The lowest BCUT2D eigenvalue weighted by molar-refractivity contribution is -0.115. The number of rotatable bonds is 6. The smallest absolute Gasteiger partial charge is 0.263 e. The minimum absolute atomic E-state index is 0.199. The molecule has 0 radical (unpaired) electrons. The fourth-order valence-corrected chi connectivity index (χ4v) is 4.21. The number of hydrogen-bond donors (Lipinski definition) is 1. The average molecular weight is 515 g/mol. The van der Waals surface area contributed by atoms with Gasteiger partial charge in [0.05, 0.1) is 15.1 Å². The predicted octanol–water partition coefficient (Wildman–Crippen LogP) is 4.90. The van der Waals surface area contributed by atoms with E-state index >= 15 is 0 Å². The summed E-state index contributed by atoms with van der Waals surface area (Å²) in [4.78, 5) is 12.4. The second-order valence-corrected chi connectivity index (χ2v) is 8.41. The number of carbonyl (C=O) groups excluding carboxylic acids is 1. The minimum Gasteiger partial charge on any atom is -0.490 e. The van der Waals surface area contributed by atoms with Crippen molar-refractivity contribution in [3.05, 3.63) is 61.8 Å². The van der Waals surface area contributed by atoms with Crippen LogP contribution in [0, 0.1) is 9.39 Å². The van der Waals surface area contributed by atoms with E-state index in [0.29, 0.717) is 33.9 Å². The highest BCUT2D eigenvalue weighted by Crippen LogP contribution is 2.36. The molecule has 0 aliphatic carbocycles. The van der Waals surface area contributed by atoms with Gasteiger partial charge in [-0.3, -0.25) is 4.79 Å². The lowest BCUT2D eigenvalue weighted by Crippen LogP contribution is -2.17. The lowest BCUT2D eigenvalue weighted by atomic mass is 10.1. The summed E-state index contributed by atoms with van der Waals surface area (Å²) in [6.45, 7) is 2.66. The molecule has 1 N–H and O–H groups in total.